The van der Waals surface area contributed by atoms with Gasteiger partial charge in [0.1, 0.15) is 0 Å². The number of nitrogens with one attached hydrogen (secondary N) is 1. The Morgan fingerprint density at radius 2 is 1.85 bits per heavy atom. The molecule has 0 atom stereocenters. The Bertz CT molecular complexity index is 622. The average Bonchev–Trinajstić information content (AvgIpc) is 2.41. The van der Waals surface area contributed by atoms with Gasteiger partial charge in [-0.25, -0.2) is 0 Å². The molecule has 104 valence electrons. The van der Waals surface area contributed by atoms with Gasteiger partial charge in [-0.3, -0.25) is 4.79 Å². The number of benzene rings is 2. The third-order valence-electron chi connectivity index (χ3n) is 3.31. The lowest BCUT2D eigenvalue weighted by molar-refractivity contribution is -0.120. The molecule has 3 heteroatoms. The van der Waals surface area contributed by atoms with Crippen LogP contribution in [0.25, 0.3) is 0 Å². The van der Waals surface area contributed by atoms with Crippen molar-refractivity contribution in [2.45, 2.75) is 26.8 Å². The van der Waals surface area contributed by atoms with Crippen molar-refractivity contribution in [2.75, 3.05) is 0 Å². The Hall–Kier alpha value is -1.80. The highest BCUT2D eigenvalue weighted by atomic mass is 35.5. The summed E-state index contributed by atoms with van der Waals surface area (Å²) in [6.07, 6.45) is 0.404. The Morgan fingerprint density at radius 1 is 1.05 bits per heavy atom. The molecule has 0 aliphatic carbocycles. The second-order valence-electron chi connectivity index (χ2n) is 5.00. The summed E-state index contributed by atoms with van der Waals surface area (Å²) in [5.74, 6) is 0.0215. The second-order valence-corrected chi connectivity index (χ2v) is 5.44. The van der Waals surface area contributed by atoms with Crippen LogP contribution in [0.3, 0.4) is 0 Å². The fourth-order valence-corrected chi connectivity index (χ4v) is 2.22. The summed E-state index contributed by atoms with van der Waals surface area (Å²) in [6, 6.07) is 13.6. The molecule has 0 bridgehead atoms. The van der Waals surface area contributed by atoms with Crippen molar-refractivity contribution in [3.63, 3.8) is 0 Å². The third-order valence-corrected chi connectivity index (χ3v) is 3.55. The lowest BCUT2D eigenvalue weighted by atomic mass is 10.0. The molecule has 0 aliphatic rings. The highest BCUT2D eigenvalue weighted by Gasteiger charge is 2.04. The molecule has 0 fully saturated rings. The van der Waals surface area contributed by atoms with Crippen molar-refractivity contribution in [1.82, 2.24) is 5.32 Å². The molecule has 1 amide bonds. The lowest BCUT2D eigenvalue weighted by Gasteiger charge is -2.07. The van der Waals surface area contributed by atoms with Crippen molar-refractivity contribution < 1.29 is 4.79 Å². The standard InChI is InChI=1S/C17H18ClNO/c1-12-6-7-14(8-13(12)2)10-17(20)19-11-15-4-3-5-16(18)9-15/h3-9H,10-11H2,1-2H3,(H,19,20). The van der Waals surface area contributed by atoms with Crippen LogP contribution in [0.5, 0.6) is 0 Å². The fourth-order valence-electron chi connectivity index (χ4n) is 2.01. The quantitative estimate of drug-likeness (QED) is 0.910. The number of rotatable bonds is 4. The molecule has 0 saturated carbocycles. The predicted octanol–water partition coefficient (Wildman–Crippen LogP) is 3.82. The zero-order valence-electron chi connectivity index (χ0n) is 11.7. The molecule has 2 aromatic rings. The zero-order valence-corrected chi connectivity index (χ0v) is 12.5. The first-order valence-corrected chi connectivity index (χ1v) is 6.99. The molecule has 2 aromatic carbocycles. The van der Waals surface area contributed by atoms with Crippen molar-refractivity contribution in [2.24, 2.45) is 0 Å². The van der Waals surface area contributed by atoms with Gasteiger partial charge in [0.25, 0.3) is 0 Å². The van der Waals surface area contributed by atoms with E-state index in [1.165, 1.54) is 11.1 Å². The maximum Gasteiger partial charge on any atom is 0.224 e. The largest absolute Gasteiger partial charge is 0.352 e. The van der Waals surface area contributed by atoms with Crippen molar-refractivity contribution in [3.05, 3.63) is 69.7 Å². The highest BCUT2D eigenvalue weighted by Crippen LogP contribution is 2.12. The van der Waals surface area contributed by atoms with Gasteiger partial charge in [-0.1, -0.05) is 41.9 Å². The van der Waals surface area contributed by atoms with E-state index in [0.29, 0.717) is 18.0 Å². The monoisotopic (exact) mass is 287 g/mol. The van der Waals surface area contributed by atoms with Crippen LogP contribution >= 0.6 is 11.6 Å². The predicted molar refractivity (Wildman–Crippen MR) is 82.9 cm³/mol. The van der Waals surface area contributed by atoms with E-state index in [1.807, 2.05) is 30.3 Å². The van der Waals surface area contributed by atoms with Gasteiger partial charge >= 0.3 is 0 Å². The maximum absolute atomic E-state index is 11.9. The lowest BCUT2D eigenvalue weighted by Crippen LogP contribution is -2.24. The minimum Gasteiger partial charge on any atom is -0.352 e. The number of carbonyl (C=O) groups is 1. The van der Waals surface area contributed by atoms with Crippen LogP contribution in [0.15, 0.2) is 42.5 Å². The summed E-state index contributed by atoms with van der Waals surface area (Å²) >= 11 is 5.91. The van der Waals surface area contributed by atoms with Crippen LogP contribution in [0.4, 0.5) is 0 Å². The molecule has 0 aromatic heterocycles. The molecule has 0 spiro atoms. The number of hydrogen-bond donors (Lipinski definition) is 1. The van der Waals surface area contributed by atoms with Crippen molar-refractivity contribution >= 4 is 17.5 Å². The van der Waals surface area contributed by atoms with Crippen molar-refractivity contribution in [3.8, 4) is 0 Å². The molecule has 0 unspecified atom stereocenters. The van der Waals surface area contributed by atoms with E-state index >= 15 is 0 Å². The number of hydrogen-bond acceptors (Lipinski definition) is 1. The van der Waals surface area contributed by atoms with Crippen LogP contribution in [0, 0.1) is 13.8 Å². The van der Waals surface area contributed by atoms with E-state index in [9.17, 15) is 4.79 Å². The molecule has 0 heterocycles. The highest BCUT2D eigenvalue weighted by molar-refractivity contribution is 6.30. The SMILES string of the molecule is Cc1ccc(CC(=O)NCc2cccc(Cl)c2)cc1C. The van der Waals surface area contributed by atoms with E-state index in [2.05, 4.69) is 31.3 Å². The Balaban J connectivity index is 1.91. The van der Waals surface area contributed by atoms with E-state index in [4.69, 9.17) is 11.6 Å². The van der Waals surface area contributed by atoms with Crippen molar-refractivity contribution in [1.29, 1.82) is 0 Å². The smallest absolute Gasteiger partial charge is 0.224 e. The molecule has 1 N–H and O–H groups in total. The number of halogens is 1. The molecular formula is C17H18ClNO. The van der Waals surface area contributed by atoms with Gasteiger partial charge in [0.2, 0.25) is 5.91 Å². The summed E-state index contributed by atoms with van der Waals surface area (Å²) < 4.78 is 0. The summed E-state index contributed by atoms with van der Waals surface area (Å²) in [6.45, 7) is 4.63. The molecule has 2 nitrogen and oxygen atoms in total. The molecule has 0 radical (unpaired) electrons. The zero-order chi connectivity index (χ0) is 14.5. The minimum atomic E-state index is 0.0215. The van der Waals surface area contributed by atoms with Crippen LogP contribution in [0.1, 0.15) is 22.3 Å². The van der Waals surface area contributed by atoms with Gasteiger partial charge in [0.05, 0.1) is 6.42 Å². The molecule has 20 heavy (non-hydrogen) atoms. The normalized spacial score (nSPS) is 10.3. The summed E-state index contributed by atoms with van der Waals surface area (Å²) in [7, 11) is 0. The summed E-state index contributed by atoms with van der Waals surface area (Å²) in [5, 5.41) is 3.60. The van der Waals surface area contributed by atoms with E-state index in [-0.39, 0.29) is 5.91 Å². The number of aryl methyl sites for hydroxylation is 2. The number of carbonyl (C=O) groups excluding carboxylic acids is 1. The van der Waals surface area contributed by atoms with E-state index < -0.39 is 0 Å². The topological polar surface area (TPSA) is 29.1 Å². The van der Waals surface area contributed by atoms with Crippen LogP contribution in [0.2, 0.25) is 5.02 Å². The maximum atomic E-state index is 11.9. The Kier molecular flexibility index (Phi) is 4.80. The average molecular weight is 288 g/mol. The van der Waals surface area contributed by atoms with Crippen LogP contribution < -0.4 is 5.32 Å². The Morgan fingerprint density at radius 3 is 2.55 bits per heavy atom. The Labute approximate surface area is 124 Å². The second kappa shape index (κ2) is 6.58. The first-order chi connectivity index (χ1) is 9.54. The van der Waals surface area contributed by atoms with Gasteiger partial charge < -0.3 is 5.32 Å². The summed E-state index contributed by atoms with van der Waals surface area (Å²) in [5.41, 5.74) is 4.50. The third kappa shape index (κ3) is 4.10. The van der Waals surface area contributed by atoms with Gasteiger partial charge in [-0.05, 0) is 48.2 Å². The van der Waals surface area contributed by atoms with Gasteiger partial charge in [-0.2, -0.15) is 0 Å². The van der Waals surface area contributed by atoms with E-state index in [1.54, 1.807) is 0 Å². The van der Waals surface area contributed by atoms with E-state index in [0.717, 1.165) is 11.1 Å². The van der Waals surface area contributed by atoms with Crippen LogP contribution in [-0.4, -0.2) is 5.91 Å². The summed E-state index contributed by atoms with van der Waals surface area (Å²) in [4.78, 5) is 11.9. The van der Waals surface area contributed by atoms with Gasteiger partial charge in [0, 0.05) is 11.6 Å². The van der Waals surface area contributed by atoms with Gasteiger partial charge in [-0.15, -0.1) is 0 Å². The molecule has 0 saturated heterocycles. The van der Waals surface area contributed by atoms with Gasteiger partial charge in [0.15, 0.2) is 0 Å². The molecular weight excluding hydrogens is 270 g/mol. The first-order valence-electron chi connectivity index (χ1n) is 6.62. The minimum absolute atomic E-state index is 0.0215. The number of amides is 1. The molecule has 0 aliphatic heterocycles. The van der Waals surface area contributed by atoms with Crippen LogP contribution in [-0.2, 0) is 17.8 Å². The first kappa shape index (κ1) is 14.6. The molecule has 2 rings (SSSR count). The fraction of sp³-hybridized carbons (Fsp3) is 0.235.